The topological polar surface area (TPSA) is 122 Å². The second-order valence-electron chi connectivity index (χ2n) is 5.53. The molecule has 1 amide bonds. The van der Waals surface area contributed by atoms with Gasteiger partial charge in [0.2, 0.25) is 5.91 Å². The van der Waals surface area contributed by atoms with E-state index in [9.17, 15) is 24.9 Å². The van der Waals surface area contributed by atoms with Gasteiger partial charge in [-0.05, 0) is 24.1 Å². The lowest BCUT2D eigenvalue weighted by Crippen LogP contribution is -2.49. The van der Waals surface area contributed by atoms with Crippen molar-refractivity contribution in [3.05, 3.63) is 17.7 Å². The standard InChI is InChI=1S/C15H20N2O6/c18-11-7-10(8-12(19)15(11)23)1-2-13(20)17-5-3-16(4-6-17)9-14(21)22/h7-8,18-19,23H,1-6,9H2,(H,21,22). The second-order valence-corrected chi connectivity index (χ2v) is 5.53. The van der Waals surface area contributed by atoms with E-state index in [0.29, 0.717) is 38.2 Å². The van der Waals surface area contributed by atoms with Crippen LogP contribution in [-0.4, -0.2) is 74.8 Å². The van der Waals surface area contributed by atoms with Gasteiger partial charge >= 0.3 is 5.97 Å². The fourth-order valence-electron chi connectivity index (χ4n) is 2.56. The molecule has 0 saturated carbocycles. The number of hydrogen-bond donors (Lipinski definition) is 4. The van der Waals surface area contributed by atoms with Gasteiger partial charge in [-0.3, -0.25) is 14.5 Å². The molecule has 0 aliphatic carbocycles. The van der Waals surface area contributed by atoms with Crippen LogP contribution in [0.5, 0.6) is 17.2 Å². The van der Waals surface area contributed by atoms with Crippen LogP contribution >= 0.6 is 0 Å². The van der Waals surface area contributed by atoms with Crippen molar-refractivity contribution in [1.29, 1.82) is 0 Å². The van der Waals surface area contributed by atoms with Gasteiger partial charge in [-0.2, -0.15) is 0 Å². The van der Waals surface area contributed by atoms with Crippen molar-refractivity contribution in [1.82, 2.24) is 9.80 Å². The van der Waals surface area contributed by atoms with Crippen molar-refractivity contribution in [2.75, 3.05) is 32.7 Å². The summed E-state index contributed by atoms with van der Waals surface area (Å²) >= 11 is 0. The van der Waals surface area contributed by atoms with Gasteiger partial charge in [0, 0.05) is 32.6 Å². The Morgan fingerprint density at radius 2 is 1.57 bits per heavy atom. The molecule has 1 aromatic rings. The van der Waals surface area contributed by atoms with Gasteiger partial charge < -0.3 is 25.3 Å². The lowest BCUT2D eigenvalue weighted by Gasteiger charge is -2.33. The highest BCUT2D eigenvalue weighted by molar-refractivity contribution is 5.76. The molecule has 0 spiro atoms. The van der Waals surface area contributed by atoms with Gasteiger partial charge in [-0.15, -0.1) is 0 Å². The maximum absolute atomic E-state index is 12.2. The first-order valence-electron chi connectivity index (χ1n) is 7.32. The highest BCUT2D eigenvalue weighted by Crippen LogP contribution is 2.35. The van der Waals surface area contributed by atoms with Gasteiger partial charge in [-0.25, -0.2) is 0 Å². The Bertz CT molecular complexity index is 573. The number of carbonyl (C=O) groups is 2. The average molecular weight is 324 g/mol. The summed E-state index contributed by atoms with van der Waals surface area (Å²) in [5, 5.41) is 36.9. The van der Waals surface area contributed by atoms with Gasteiger partial charge in [0.25, 0.3) is 0 Å². The molecular weight excluding hydrogens is 304 g/mol. The maximum atomic E-state index is 12.2. The van der Waals surface area contributed by atoms with Crippen LogP contribution in [0.2, 0.25) is 0 Å². The zero-order chi connectivity index (χ0) is 17.0. The van der Waals surface area contributed by atoms with Crippen molar-refractivity contribution in [2.45, 2.75) is 12.8 Å². The molecule has 1 aromatic carbocycles. The molecule has 0 unspecified atom stereocenters. The predicted octanol–water partition coefficient (Wildman–Crippen LogP) is -0.0352. The SMILES string of the molecule is O=C(O)CN1CCN(C(=O)CCc2cc(O)c(O)c(O)c2)CC1. The lowest BCUT2D eigenvalue weighted by molar-refractivity contribution is -0.139. The number of piperazine rings is 1. The fourth-order valence-corrected chi connectivity index (χ4v) is 2.56. The third kappa shape index (κ3) is 4.49. The third-order valence-electron chi connectivity index (χ3n) is 3.84. The molecule has 1 fully saturated rings. The summed E-state index contributed by atoms with van der Waals surface area (Å²) in [7, 11) is 0. The highest BCUT2D eigenvalue weighted by Gasteiger charge is 2.22. The number of aryl methyl sites for hydroxylation is 1. The van der Waals surface area contributed by atoms with Crippen LogP contribution in [-0.2, 0) is 16.0 Å². The smallest absolute Gasteiger partial charge is 0.317 e. The second kappa shape index (κ2) is 7.19. The van der Waals surface area contributed by atoms with Crippen molar-refractivity contribution >= 4 is 11.9 Å². The summed E-state index contributed by atoms with van der Waals surface area (Å²) in [5.41, 5.74) is 0.552. The van der Waals surface area contributed by atoms with Crippen LogP contribution in [0.3, 0.4) is 0 Å². The summed E-state index contributed by atoms with van der Waals surface area (Å²) in [6, 6.07) is 2.63. The van der Waals surface area contributed by atoms with Crippen LogP contribution in [0.1, 0.15) is 12.0 Å². The zero-order valence-corrected chi connectivity index (χ0v) is 12.6. The van der Waals surface area contributed by atoms with Gasteiger partial charge in [0.05, 0.1) is 6.54 Å². The van der Waals surface area contributed by atoms with Crippen molar-refractivity contribution < 1.29 is 30.0 Å². The number of carboxylic acids is 1. The van der Waals surface area contributed by atoms with E-state index in [1.165, 1.54) is 12.1 Å². The molecule has 0 atom stereocenters. The Kier molecular flexibility index (Phi) is 5.28. The van der Waals surface area contributed by atoms with Crippen molar-refractivity contribution in [3.63, 3.8) is 0 Å². The number of carbonyl (C=O) groups excluding carboxylic acids is 1. The quantitative estimate of drug-likeness (QED) is 0.561. The van der Waals surface area contributed by atoms with Gasteiger partial charge in [0.1, 0.15) is 0 Å². The Balaban J connectivity index is 1.83. The van der Waals surface area contributed by atoms with E-state index in [4.69, 9.17) is 5.11 Å². The minimum atomic E-state index is -0.878. The fraction of sp³-hybridized carbons (Fsp3) is 0.467. The minimum Gasteiger partial charge on any atom is -0.504 e. The maximum Gasteiger partial charge on any atom is 0.317 e. The molecule has 1 saturated heterocycles. The molecule has 4 N–H and O–H groups in total. The van der Waals surface area contributed by atoms with E-state index in [1.807, 2.05) is 0 Å². The monoisotopic (exact) mass is 324 g/mol. The molecule has 8 nitrogen and oxygen atoms in total. The summed E-state index contributed by atoms with van der Waals surface area (Å²) < 4.78 is 0. The molecule has 1 heterocycles. The predicted molar refractivity (Wildman–Crippen MR) is 80.4 cm³/mol. The molecule has 1 aliphatic rings. The van der Waals surface area contributed by atoms with E-state index < -0.39 is 23.2 Å². The molecule has 8 heteroatoms. The van der Waals surface area contributed by atoms with Crippen LogP contribution in [0, 0.1) is 0 Å². The number of nitrogens with zero attached hydrogens (tertiary/aromatic N) is 2. The Morgan fingerprint density at radius 3 is 2.09 bits per heavy atom. The summed E-state index contributed by atoms with van der Waals surface area (Å²) in [6.07, 6.45) is 0.540. The van der Waals surface area contributed by atoms with Crippen LogP contribution in [0.15, 0.2) is 12.1 Å². The third-order valence-corrected chi connectivity index (χ3v) is 3.84. The zero-order valence-electron chi connectivity index (χ0n) is 12.6. The number of phenols is 3. The summed E-state index contributed by atoms with van der Waals surface area (Å²) in [4.78, 5) is 26.3. The Labute approximate surface area is 133 Å². The van der Waals surface area contributed by atoms with E-state index >= 15 is 0 Å². The van der Waals surface area contributed by atoms with Gasteiger partial charge in [-0.1, -0.05) is 0 Å². The first kappa shape index (κ1) is 16.9. The number of rotatable bonds is 5. The molecular formula is C15H20N2O6. The number of amides is 1. The lowest BCUT2D eigenvalue weighted by atomic mass is 10.1. The largest absolute Gasteiger partial charge is 0.504 e. The summed E-state index contributed by atoms with van der Waals surface area (Å²) in [5.74, 6) is -2.36. The number of benzene rings is 1. The molecule has 0 bridgehead atoms. The van der Waals surface area contributed by atoms with Crippen LogP contribution in [0.25, 0.3) is 0 Å². The number of carboxylic acid groups (broad SMARTS) is 1. The normalized spacial score (nSPS) is 15.6. The molecule has 2 rings (SSSR count). The molecule has 0 aromatic heterocycles. The van der Waals surface area contributed by atoms with Crippen LogP contribution in [0.4, 0.5) is 0 Å². The van der Waals surface area contributed by atoms with E-state index in [2.05, 4.69) is 0 Å². The first-order valence-corrected chi connectivity index (χ1v) is 7.32. The molecule has 1 aliphatic heterocycles. The average Bonchev–Trinajstić information content (AvgIpc) is 2.50. The highest BCUT2D eigenvalue weighted by atomic mass is 16.4. The number of phenolic OH excluding ortho intramolecular Hbond substituents is 3. The minimum absolute atomic E-state index is 0.0197. The molecule has 0 radical (unpaired) electrons. The Morgan fingerprint density at radius 1 is 1.00 bits per heavy atom. The van der Waals surface area contributed by atoms with E-state index in [-0.39, 0.29) is 18.9 Å². The van der Waals surface area contributed by atoms with Crippen LogP contribution < -0.4 is 0 Å². The van der Waals surface area contributed by atoms with E-state index in [1.54, 1.807) is 9.80 Å². The van der Waals surface area contributed by atoms with E-state index in [0.717, 1.165) is 0 Å². The summed E-state index contributed by atoms with van der Waals surface area (Å²) in [6.45, 7) is 2.00. The number of aromatic hydroxyl groups is 3. The number of hydrogen-bond acceptors (Lipinski definition) is 6. The van der Waals surface area contributed by atoms with Crippen molar-refractivity contribution in [3.8, 4) is 17.2 Å². The first-order chi connectivity index (χ1) is 10.9. The molecule has 23 heavy (non-hydrogen) atoms. The van der Waals surface area contributed by atoms with Crippen molar-refractivity contribution in [2.24, 2.45) is 0 Å². The molecule has 126 valence electrons. The Hall–Kier alpha value is -2.48. The number of aliphatic carboxylic acids is 1. The van der Waals surface area contributed by atoms with Gasteiger partial charge in [0.15, 0.2) is 17.2 Å².